The predicted octanol–water partition coefficient (Wildman–Crippen LogP) is 0.254. The zero-order valence-corrected chi connectivity index (χ0v) is 5.33. The number of hydrogen-bond donors (Lipinski definition) is 0. The van der Waals surface area contributed by atoms with Crippen LogP contribution in [0.5, 0.6) is 0 Å². The first-order chi connectivity index (χ1) is 2.94. The van der Waals surface area contributed by atoms with Gasteiger partial charge in [0.15, 0.2) is 0 Å². The average Bonchev–Trinajstić information content (AvgIpc) is 1.31. The lowest BCUT2D eigenvalue weighted by Crippen LogP contribution is -2.10. The highest BCUT2D eigenvalue weighted by Gasteiger charge is 2.05. The van der Waals surface area contributed by atoms with E-state index in [9.17, 15) is 8.42 Å². The van der Waals surface area contributed by atoms with E-state index in [4.69, 9.17) is 0 Å². The number of hydrogen-bond acceptors (Lipinski definition) is 2. The summed E-state index contributed by atoms with van der Waals surface area (Å²) in [5, 5.41) is -0.479. The van der Waals surface area contributed by atoms with Crippen LogP contribution in [0.3, 0.4) is 0 Å². The molecular weight excluding hydrogens is 112 g/mol. The van der Waals surface area contributed by atoms with Crippen molar-refractivity contribution < 1.29 is 8.42 Å². The van der Waals surface area contributed by atoms with Gasteiger partial charge < -0.3 is 0 Å². The highest BCUT2D eigenvalue weighted by Crippen LogP contribution is 1.91. The Bertz CT molecular complexity index is 132. The Balaban J connectivity index is 4.10. The van der Waals surface area contributed by atoms with Gasteiger partial charge >= 0.3 is 0 Å². The van der Waals surface area contributed by atoms with Crippen LogP contribution in [0, 0.1) is 6.92 Å². The molecule has 1 atom stereocenters. The van der Waals surface area contributed by atoms with Crippen molar-refractivity contribution in [1.29, 1.82) is 0 Å². The summed E-state index contributed by atoms with van der Waals surface area (Å²) in [5.74, 6) is 0. The Morgan fingerprint density at radius 1 is 1.57 bits per heavy atom. The van der Waals surface area contributed by atoms with E-state index in [2.05, 4.69) is 6.92 Å². The van der Waals surface area contributed by atoms with Crippen LogP contribution in [0.2, 0.25) is 0 Å². The quantitative estimate of drug-likeness (QED) is 0.498. The van der Waals surface area contributed by atoms with Crippen molar-refractivity contribution in [3.05, 3.63) is 6.92 Å². The van der Waals surface area contributed by atoms with Crippen molar-refractivity contribution in [3.8, 4) is 0 Å². The van der Waals surface area contributed by atoms with E-state index >= 15 is 0 Å². The highest BCUT2D eigenvalue weighted by atomic mass is 32.2. The molecule has 7 heavy (non-hydrogen) atoms. The molecule has 2 nitrogen and oxygen atoms in total. The molecule has 0 saturated carbocycles. The fraction of sp³-hybridized carbons (Fsp3) is 0.750. The van der Waals surface area contributed by atoms with Gasteiger partial charge in [0.25, 0.3) is 0 Å². The molecule has 3 heteroatoms. The van der Waals surface area contributed by atoms with Crippen molar-refractivity contribution in [1.82, 2.24) is 0 Å². The summed E-state index contributed by atoms with van der Waals surface area (Å²) in [6.45, 7) is 4.87. The van der Waals surface area contributed by atoms with Crippen LogP contribution < -0.4 is 0 Å². The number of rotatable bonds is 1. The van der Waals surface area contributed by atoms with Crippen LogP contribution >= 0.6 is 0 Å². The van der Waals surface area contributed by atoms with E-state index in [1.165, 1.54) is 6.26 Å². The molecule has 0 aromatic heterocycles. The minimum atomic E-state index is -2.85. The molecule has 0 aliphatic carbocycles. The first-order valence-electron chi connectivity index (χ1n) is 1.96. The fourth-order valence-electron chi connectivity index (χ4n) is 0. The van der Waals surface area contributed by atoms with Gasteiger partial charge in [-0.15, -0.1) is 0 Å². The molecule has 0 rings (SSSR count). The summed E-state index contributed by atoms with van der Waals surface area (Å²) in [6.07, 6.45) is 1.17. The second-order valence-corrected chi connectivity index (χ2v) is 4.10. The molecule has 0 spiro atoms. The van der Waals surface area contributed by atoms with Crippen LogP contribution in [-0.4, -0.2) is 19.9 Å². The minimum absolute atomic E-state index is 0.479. The zero-order chi connectivity index (χ0) is 6.08. The summed E-state index contributed by atoms with van der Waals surface area (Å²) in [4.78, 5) is 0. The van der Waals surface area contributed by atoms with Gasteiger partial charge in [-0.05, 0) is 13.8 Å². The SMILES string of the molecule is [CH2][C@@H](C)S(C)(=O)=O. The molecule has 43 valence electrons. The van der Waals surface area contributed by atoms with Crippen molar-refractivity contribution in [2.24, 2.45) is 0 Å². The topological polar surface area (TPSA) is 34.1 Å². The first-order valence-corrected chi connectivity index (χ1v) is 3.92. The molecular formula is C4H9O2S. The maximum absolute atomic E-state index is 10.3. The molecule has 0 aromatic rings. The Kier molecular flexibility index (Phi) is 1.81. The van der Waals surface area contributed by atoms with Crippen LogP contribution in [-0.2, 0) is 9.84 Å². The lowest BCUT2D eigenvalue weighted by atomic mass is 10.6. The van der Waals surface area contributed by atoms with E-state index in [1.54, 1.807) is 6.92 Å². The second kappa shape index (κ2) is 1.82. The average molecular weight is 121 g/mol. The van der Waals surface area contributed by atoms with Crippen LogP contribution in [0.25, 0.3) is 0 Å². The van der Waals surface area contributed by atoms with Gasteiger partial charge in [0.2, 0.25) is 0 Å². The van der Waals surface area contributed by atoms with Crippen LogP contribution in [0.1, 0.15) is 6.92 Å². The van der Waals surface area contributed by atoms with Crippen LogP contribution in [0.4, 0.5) is 0 Å². The molecule has 0 aliphatic heterocycles. The Hall–Kier alpha value is -0.0500. The third-order valence-electron chi connectivity index (χ3n) is 0.731. The molecule has 0 N–H and O–H groups in total. The van der Waals surface area contributed by atoms with Crippen LogP contribution in [0.15, 0.2) is 0 Å². The maximum atomic E-state index is 10.3. The molecule has 0 saturated heterocycles. The van der Waals surface area contributed by atoms with Gasteiger partial charge in [-0.1, -0.05) is 0 Å². The molecule has 0 aliphatic rings. The first kappa shape index (κ1) is 6.95. The van der Waals surface area contributed by atoms with Crippen molar-refractivity contribution in [2.75, 3.05) is 6.26 Å². The lowest BCUT2D eigenvalue weighted by molar-refractivity contribution is 0.597. The van der Waals surface area contributed by atoms with E-state index in [1.807, 2.05) is 0 Å². The van der Waals surface area contributed by atoms with E-state index in [0.717, 1.165) is 0 Å². The van der Waals surface area contributed by atoms with Crippen molar-refractivity contribution in [2.45, 2.75) is 12.2 Å². The van der Waals surface area contributed by atoms with E-state index in [0.29, 0.717) is 0 Å². The molecule has 0 fully saturated rings. The fourth-order valence-corrected chi connectivity index (χ4v) is 0. The van der Waals surface area contributed by atoms with Gasteiger partial charge in [-0.25, -0.2) is 8.42 Å². The monoisotopic (exact) mass is 121 g/mol. The molecule has 0 amide bonds. The minimum Gasteiger partial charge on any atom is -0.229 e. The normalized spacial score (nSPS) is 12.6. The second-order valence-electron chi connectivity index (χ2n) is 1.64. The van der Waals surface area contributed by atoms with Gasteiger partial charge in [-0.2, -0.15) is 0 Å². The summed E-state index contributed by atoms with van der Waals surface area (Å²) in [6, 6.07) is 0. The molecule has 0 aromatic carbocycles. The zero-order valence-electron chi connectivity index (χ0n) is 4.51. The van der Waals surface area contributed by atoms with Crippen molar-refractivity contribution in [3.63, 3.8) is 0 Å². The molecule has 1 radical (unpaired) electrons. The number of sulfone groups is 1. The van der Waals surface area contributed by atoms with Gasteiger partial charge in [0.05, 0.1) is 5.25 Å². The Morgan fingerprint density at radius 3 is 1.71 bits per heavy atom. The Morgan fingerprint density at radius 2 is 1.71 bits per heavy atom. The predicted molar refractivity (Wildman–Crippen MR) is 29.7 cm³/mol. The Labute approximate surface area is 44.5 Å². The molecule has 0 unspecified atom stereocenters. The summed E-state index contributed by atoms with van der Waals surface area (Å²) >= 11 is 0. The third-order valence-corrected chi connectivity index (χ3v) is 2.19. The molecule has 0 bridgehead atoms. The lowest BCUT2D eigenvalue weighted by Gasteiger charge is -1.96. The van der Waals surface area contributed by atoms with Gasteiger partial charge in [0.1, 0.15) is 9.84 Å². The highest BCUT2D eigenvalue weighted by molar-refractivity contribution is 7.91. The maximum Gasteiger partial charge on any atom is 0.150 e. The van der Waals surface area contributed by atoms with Crippen molar-refractivity contribution >= 4 is 9.84 Å². The summed E-state index contributed by atoms with van der Waals surface area (Å²) in [5.41, 5.74) is 0. The van der Waals surface area contributed by atoms with Gasteiger partial charge in [-0.3, -0.25) is 0 Å². The summed E-state index contributed by atoms with van der Waals surface area (Å²) < 4.78 is 20.5. The van der Waals surface area contributed by atoms with Gasteiger partial charge in [0, 0.05) is 6.26 Å². The molecule has 0 heterocycles. The standard InChI is InChI=1S/C4H9O2S/c1-4(2)7(3,5)6/h4H,1H2,2-3H3/t4-/m0/s1. The summed E-state index contributed by atoms with van der Waals surface area (Å²) in [7, 11) is -2.85. The van der Waals surface area contributed by atoms with E-state index in [-0.39, 0.29) is 0 Å². The largest absolute Gasteiger partial charge is 0.229 e. The third kappa shape index (κ3) is 2.62. The van der Waals surface area contributed by atoms with E-state index < -0.39 is 15.1 Å². The smallest absolute Gasteiger partial charge is 0.150 e.